The number of fused-ring (bicyclic) bond motifs is 5. The van der Waals surface area contributed by atoms with Gasteiger partial charge in [-0.15, -0.1) is 0 Å². The Morgan fingerprint density at radius 3 is 2.12 bits per heavy atom. The lowest BCUT2D eigenvalue weighted by Crippen LogP contribution is -2.65. The summed E-state index contributed by atoms with van der Waals surface area (Å²) in [4.78, 5) is 12.0. The lowest BCUT2D eigenvalue weighted by Gasteiger charge is -2.64. The molecule has 9 N–H and O–H groups in total. The van der Waals surface area contributed by atoms with Gasteiger partial charge in [0.05, 0.1) is 31.0 Å². The molecule has 18 heteroatoms. The summed E-state index contributed by atoms with van der Waals surface area (Å²) in [7, 11) is 1.39. The zero-order valence-electron chi connectivity index (χ0n) is 34.8. The summed E-state index contributed by atoms with van der Waals surface area (Å²) in [5.41, 5.74) is -0.180. The standard InChI is InChI=1S/C42H66O18/c1-18-28(45)35(53-4)36(60-38-34(51)32(49)30(47)26(59-38)17-55-37-33(50)31(48)29(46)25(15-43)58-37)39(56-18)57-21-7-10-40(2)20(14-21)5-6-24-23(40)8-11-41(3)22(9-12-42(24,41)52)19-13-27(44)54-16-19/h13,18,20-26,28-39,43,45-52H,5-12,14-17H2,1-4H3/t18-,20-,21+,22?,23?,24?,25-,26-,28-,29-,30-,31-,32-,33-,34-,35-,36-,37-,38+,39+,40+,41-,42+/m1/s1. The Morgan fingerprint density at radius 1 is 0.733 bits per heavy atom. The van der Waals surface area contributed by atoms with E-state index in [2.05, 4.69) is 13.8 Å². The van der Waals surface area contributed by atoms with E-state index in [1.807, 2.05) is 0 Å². The number of cyclic esters (lactones) is 1. The highest BCUT2D eigenvalue weighted by Crippen LogP contribution is 2.70. The normalized spacial score (nSPS) is 54.4. The van der Waals surface area contributed by atoms with Gasteiger partial charge < -0.3 is 83.9 Å². The fourth-order valence-corrected chi connectivity index (χ4v) is 12.9. The Kier molecular flexibility index (Phi) is 12.9. The summed E-state index contributed by atoms with van der Waals surface area (Å²) in [6, 6.07) is 0. The van der Waals surface area contributed by atoms with Gasteiger partial charge in [-0.3, -0.25) is 0 Å². The average Bonchev–Trinajstić information content (AvgIpc) is 3.78. The first kappa shape index (κ1) is 45.1. The molecule has 7 fully saturated rings. The van der Waals surface area contributed by atoms with E-state index in [0.717, 1.165) is 50.5 Å². The van der Waals surface area contributed by atoms with Gasteiger partial charge in [-0.1, -0.05) is 13.8 Å². The molecule has 0 aromatic rings. The summed E-state index contributed by atoms with van der Waals surface area (Å²) in [6.45, 7) is 5.36. The lowest BCUT2D eigenvalue weighted by molar-refractivity contribution is -0.376. The first-order chi connectivity index (χ1) is 28.4. The first-order valence-electron chi connectivity index (χ1n) is 21.8. The molecule has 0 aromatic carbocycles. The Morgan fingerprint density at radius 2 is 1.43 bits per heavy atom. The van der Waals surface area contributed by atoms with Crippen LogP contribution in [0.1, 0.15) is 78.6 Å². The molecule has 18 nitrogen and oxygen atoms in total. The number of aliphatic hydroxyl groups is 9. The molecule has 342 valence electrons. The average molecular weight is 859 g/mol. The molecule has 0 spiro atoms. The molecule has 23 atom stereocenters. The molecule has 0 bridgehead atoms. The van der Waals surface area contributed by atoms with Crippen molar-refractivity contribution in [2.75, 3.05) is 26.9 Å². The highest BCUT2D eigenvalue weighted by Gasteiger charge is 2.68. The highest BCUT2D eigenvalue weighted by atomic mass is 16.8. The van der Waals surface area contributed by atoms with Crippen LogP contribution in [0.15, 0.2) is 11.6 Å². The number of aliphatic hydroxyl groups excluding tert-OH is 8. The number of rotatable bonds is 10. The van der Waals surface area contributed by atoms with Gasteiger partial charge in [0.25, 0.3) is 0 Å². The molecule has 8 rings (SSSR count). The molecule has 4 aliphatic heterocycles. The molecule has 0 radical (unpaired) electrons. The Balaban J connectivity index is 0.937. The van der Waals surface area contributed by atoms with E-state index in [4.69, 9.17) is 37.9 Å². The fourth-order valence-electron chi connectivity index (χ4n) is 12.9. The van der Waals surface area contributed by atoms with Crippen molar-refractivity contribution in [3.05, 3.63) is 11.6 Å². The van der Waals surface area contributed by atoms with Crippen molar-refractivity contribution < 1.29 is 88.6 Å². The molecule has 60 heavy (non-hydrogen) atoms. The van der Waals surface area contributed by atoms with Gasteiger partial charge in [0.2, 0.25) is 0 Å². The Hall–Kier alpha value is -1.43. The Bertz CT molecular complexity index is 1570. The van der Waals surface area contributed by atoms with Crippen molar-refractivity contribution >= 4 is 5.97 Å². The van der Waals surface area contributed by atoms with E-state index in [0.29, 0.717) is 31.3 Å². The van der Waals surface area contributed by atoms with Gasteiger partial charge in [0.15, 0.2) is 18.9 Å². The van der Waals surface area contributed by atoms with E-state index in [9.17, 15) is 50.8 Å². The summed E-state index contributed by atoms with van der Waals surface area (Å²) >= 11 is 0. The second-order valence-corrected chi connectivity index (χ2v) is 19.4. The van der Waals surface area contributed by atoms with E-state index < -0.39 is 111 Å². The Labute approximate surface area is 349 Å². The van der Waals surface area contributed by atoms with Crippen LogP contribution in [0.5, 0.6) is 0 Å². The van der Waals surface area contributed by atoms with Gasteiger partial charge in [-0.05, 0) is 99.4 Å². The lowest BCUT2D eigenvalue weighted by atomic mass is 9.43. The van der Waals surface area contributed by atoms with Crippen molar-refractivity contribution in [3.8, 4) is 0 Å². The molecule has 0 aromatic heterocycles. The molecular formula is C42H66O18. The number of methoxy groups -OCH3 is 1. The maximum absolute atomic E-state index is 12.7. The number of esters is 1. The molecule has 4 heterocycles. The van der Waals surface area contributed by atoms with Crippen LogP contribution in [0.25, 0.3) is 0 Å². The number of carbonyl (C=O) groups is 1. The van der Waals surface area contributed by atoms with Gasteiger partial charge in [0, 0.05) is 18.6 Å². The maximum atomic E-state index is 12.7. The third kappa shape index (κ3) is 7.50. The SMILES string of the molecule is CO[C@@H]1[C@H](O)[C@@H](C)O[C@@H](O[C@H]2CC[C@]3(C)C4CC[C@]5(C)C(C6=CC(=O)OC6)CC[C@]5(O)C4CC[C@@H]3C2)[C@@H]1O[C@@H]1O[C@H](CO[C@@H]2O[C@H](CO)[C@@H](O)[C@@H](O)[C@H]2O)[C@@H](O)[C@@H](O)[C@H]1O. The molecule has 0 amide bonds. The van der Waals surface area contributed by atoms with Gasteiger partial charge in [-0.2, -0.15) is 0 Å². The molecule has 3 saturated heterocycles. The van der Waals surface area contributed by atoms with E-state index in [1.54, 1.807) is 13.0 Å². The van der Waals surface area contributed by atoms with Crippen LogP contribution in [0.2, 0.25) is 0 Å². The molecule has 8 aliphatic rings. The van der Waals surface area contributed by atoms with Crippen molar-refractivity contribution in [2.45, 2.75) is 182 Å². The first-order valence-corrected chi connectivity index (χ1v) is 21.8. The minimum absolute atomic E-state index is 0.0325. The summed E-state index contributed by atoms with van der Waals surface area (Å²) in [5, 5.41) is 96.9. The smallest absolute Gasteiger partial charge is 0.331 e. The highest BCUT2D eigenvalue weighted by molar-refractivity contribution is 5.85. The van der Waals surface area contributed by atoms with Crippen molar-refractivity contribution in [1.29, 1.82) is 0 Å². The van der Waals surface area contributed by atoms with Crippen molar-refractivity contribution in [2.24, 2.45) is 34.5 Å². The topological polar surface area (TPSA) is 273 Å². The van der Waals surface area contributed by atoms with E-state index in [-0.39, 0.29) is 34.7 Å². The van der Waals surface area contributed by atoms with Gasteiger partial charge in [-0.25, -0.2) is 4.79 Å². The van der Waals surface area contributed by atoms with Crippen molar-refractivity contribution in [1.82, 2.24) is 0 Å². The minimum atomic E-state index is -1.80. The van der Waals surface area contributed by atoms with Crippen molar-refractivity contribution in [3.63, 3.8) is 0 Å². The number of carbonyl (C=O) groups excluding carboxylic acids is 1. The maximum Gasteiger partial charge on any atom is 0.331 e. The number of hydrogen-bond acceptors (Lipinski definition) is 18. The molecular weight excluding hydrogens is 792 g/mol. The van der Waals surface area contributed by atoms with Crippen LogP contribution >= 0.6 is 0 Å². The minimum Gasteiger partial charge on any atom is -0.458 e. The second kappa shape index (κ2) is 17.2. The second-order valence-electron chi connectivity index (χ2n) is 19.4. The van der Waals surface area contributed by atoms with Crippen LogP contribution in [0, 0.1) is 34.5 Å². The van der Waals surface area contributed by atoms with Crippen LogP contribution in [0.4, 0.5) is 0 Å². The van der Waals surface area contributed by atoms with Crippen LogP contribution in [-0.2, 0) is 42.7 Å². The predicted molar refractivity (Wildman–Crippen MR) is 203 cm³/mol. The zero-order valence-corrected chi connectivity index (χ0v) is 34.8. The van der Waals surface area contributed by atoms with E-state index >= 15 is 0 Å². The largest absolute Gasteiger partial charge is 0.458 e. The summed E-state index contributed by atoms with van der Waals surface area (Å²) < 4.78 is 47.1. The molecule has 4 aliphatic carbocycles. The zero-order chi connectivity index (χ0) is 43.1. The molecule has 3 unspecified atom stereocenters. The van der Waals surface area contributed by atoms with Gasteiger partial charge in [0.1, 0.15) is 73.8 Å². The number of ether oxygens (including phenoxy) is 8. The van der Waals surface area contributed by atoms with Crippen LogP contribution in [-0.4, -0.2) is 183 Å². The van der Waals surface area contributed by atoms with Gasteiger partial charge >= 0.3 is 5.97 Å². The monoisotopic (exact) mass is 858 g/mol. The predicted octanol–water partition coefficient (Wildman–Crippen LogP) is -1.24. The third-order valence-corrected chi connectivity index (χ3v) is 16.5. The molecule has 4 saturated carbocycles. The van der Waals surface area contributed by atoms with E-state index in [1.165, 1.54) is 7.11 Å². The number of hydrogen-bond donors (Lipinski definition) is 9. The fraction of sp³-hybridized carbons (Fsp3) is 0.929. The summed E-state index contributed by atoms with van der Waals surface area (Å²) in [5.74, 6) is 0.597. The quantitative estimate of drug-likeness (QED) is 0.0918. The third-order valence-electron chi connectivity index (χ3n) is 16.5. The summed E-state index contributed by atoms with van der Waals surface area (Å²) in [6.07, 6.45) is -12.4. The van der Waals surface area contributed by atoms with Crippen LogP contribution in [0.3, 0.4) is 0 Å². The van der Waals surface area contributed by atoms with Crippen LogP contribution < -0.4 is 0 Å².